The van der Waals surface area contributed by atoms with Crippen molar-refractivity contribution in [2.75, 3.05) is 18.4 Å². The van der Waals surface area contributed by atoms with Crippen molar-refractivity contribution in [3.05, 3.63) is 64.8 Å². The highest BCUT2D eigenvalue weighted by Gasteiger charge is 2.31. The summed E-state index contributed by atoms with van der Waals surface area (Å²) >= 11 is 1.74. The molecule has 1 N–H and O–H groups in total. The van der Waals surface area contributed by atoms with Gasteiger partial charge in [-0.3, -0.25) is 4.90 Å². The largest absolute Gasteiger partial charge is 0.486 e. The van der Waals surface area contributed by atoms with E-state index in [4.69, 9.17) is 9.47 Å². The summed E-state index contributed by atoms with van der Waals surface area (Å²) in [6.07, 6.45) is 8.50. The Balaban J connectivity index is 1.04. The first-order valence-corrected chi connectivity index (χ1v) is 13.8. The average molecular weight is 519 g/mol. The summed E-state index contributed by atoms with van der Waals surface area (Å²) in [5.41, 5.74) is 2.52. The molecule has 2 aliphatic rings. The molecule has 0 unspecified atom stereocenters. The molecule has 5 heterocycles. The van der Waals surface area contributed by atoms with Gasteiger partial charge in [0.05, 0.1) is 17.6 Å². The van der Waals surface area contributed by atoms with Crippen LogP contribution in [0.2, 0.25) is 0 Å². The number of hydrogen-bond acceptors (Lipinski definition) is 8. The summed E-state index contributed by atoms with van der Waals surface area (Å²) < 4.78 is 13.9. The molecule has 0 spiro atoms. The fraction of sp³-hybridized carbons (Fsp3) is 0.464. The molecular weight excluding hydrogens is 484 g/mol. The summed E-state index contributed by atoms with van der Waals surface area (Å²) in [6, 6.07) is 8.86. The molecule has 0 bridgehead atoms. The molecule has 0 amide bonds. The zero-order chi connectivity index (χ0) is 25.4. The van der Waals surface area contributed by atoms with E-state index in [1.54, 1.807) is 23.9 Å². The van der Waals surface area contributed by atoms with Crippen LogP contribution in [0.15, 0.2) is 43.0 Å². The Hall–Kier alpha value is -3.01. The van der Waals surface area contributed by atoms with E-state index in [0.717, 1.165) is 61.1 Å². The Bertz CT molecular complexity index is 1370. The van der Waals surface area contributed by atoms with Crippen molar-refractivity contribution in [2.45, 2.75) is 64.5 Å². The zero-order valence-electron chi connectivity index (χ0n) is 21.7. The fourth-order valence-electron chi connectivity index (χ4n) is 5.25. The number of rotatable bonds is 7. The van der Waals surface area contributed by atoms with Gasteiger partial charge in [-0.25, -0.2) is 15.0 Å². The predicted octanol–water partition coefficient (Wildman–Crippen LogP) is 4.93. The summed E-state index contributed by atoms with van der Waals surface area (Å²) in [5.74, 6) is 2.77. The topological polar surface area (TPSA) is 77.3 Å². The minimum Gasteiger partial charge on any atom is -0.486 e. The van der Waals surface area contributed by atoms with Crippen LogP contribution in [0, 0.1) is 0 Å². The molecular formula is C28H34N6O2S. The first-order valence-electron chi connectivity index (χ1n) is 13.0. The quantitative estimate of drug-likeness (QED) is 0.372. The maximum atomic E-state index is 6.04. The lowest BCUT2D eigenvalue weighted by molar-refractivity contribution is -0.0379. The molecule has 194 valence electrons. The number of likely N-dealkylation sites (tertiary alicyclic amines) is 1. The number of hydrogen-bond donors (Lipinski definition) is 1. The standard InChI is InChI=1S/C28H34N6O2S/c1-28(2)14-22-23(16-36-28)37-27-25(22)26(30-18-31-27)32-20-8-11-34(12-9-20)15-19-4-6-21(7-5-19)35-17-24-29-10-13-33(24)3/h4-7,10,13,18,20H,8-9,11-12,14-17H2,1-3H3,(H,30,31,32). The molecule has 6 rings (SSSR count). The van der Waals surface area contributed by atoms with E-state index in [2.05, 4.69) is 63.3 Å². The number of aromatic nitrogens is 4. The van der Waals surface area contributed by atoms with Gasteiger partial charge in [-0.2, -0.15) is 0 Å². The lowest BCUT2D eigenvalue weighted by Crippen LogP contribution is -2.38. The van der Waals surface area contributed by atoms with Gasteiger partial charge in [0.1, 0.15) is 35.2 Å². The van der Waals surface area contributed by atoms with Gasteiger partial charge in [0, 0.05) is 56.4 Å². The van der Waals surface area contributed by atoms with Crippen molar-refractivity contribution in [1.29, 1.82) is 0 Å². The number of imidazole rings is 1. The Kier molecular flexibility index (Phi) is 6.60. The van der Waals surface area contributed by atoms with Crippen molar-refractivity contribution in [2.24, 2.45) is 7.05 Å². The average Bonchev–Trinajstić information content (AvgIpc) is 3.47. The maximum Gasteiger partial charge on any atom is 0.146 e. The van der Waals surface area contributed by atoms with Crippen LogP contribution in [0.3, 0.4) is 0 Å². The van der Waals surface area contributed by atoms with Crippen molar-refractivity contribution in [1.82, 2.24) is 24.4 Å². The number of thiophene rings is 1. The highest BCUT2D eigenvalue weighted by Crippen LogP contribution is 2.40. The second kappa shape index (κ2) is 10.0. The van der Waals surface area contributed by atoms with Gasteiger partial charge < -0.3 is 19.4 Å². The Morgan fingerprint density at radius 1 is 1.14 bits per heavy atom. The van der Waals surface area contributed by atoms with Gasteiger partial charge in [-0.05, 0) is 49.9 Å². The minimum atomic E-state index is -0.150. The molecule has 0 aliphatic carbocycles. The second-order valence-corrected chi connectivity index (χ2v) is 11.8. The summed E-state index contributed by atoms with van der Waals surface area (Å²) in [6.45, 7) is 8.54. The number of piperidine rings is 1. The van der Waals surface area contributed by atoms with E-state index < -0.39 is 0 Å². The highest BCUT2D eigenvalue weighted by molar-refractivity contribution is 7.18. The van der Waals surface area contributed by atoms with Crippen LogP contribution in [-0.2, 0) is 38.0 Å². The van der Waals surface area contributed by atoms with E-state index in [-0.39, 0.29) is 5.60 Å². The molecule has 0 radical (unpaired) electrons. The molecule has 37 heavy (non-hydrogen) atoms. The van der Waals surface area contributed by atoms with Crippen LogP contribution in [0.1, 0.15) is 48.5 Å². The molecule has 0 saturated carbocycles. The van der Waals surface area contributed by atoms with E-state index in [1.807, 2.05) is 17.8 Å². The molecule has 2 aliphatic heterocycles. The van der Waals surface area contributed by atoms with Crippen LogP contribution >= 0.6 is 11.3 Å². The molecule has 0 atom stereocenters. The van der Waals surface area contributed by atoms with E-state index in [1.165, 1.54) is 21.4 Å². The first-order chi connectivity index (χ1) is 17.9. The first kappa shape index (κ1) is 24.3. The highest BCUT2D eigenvalue weighted by atomic mass is 32.1. The van der Waals surface area contributed by atoms with Crippen LogP contribution in [-0.4, -0.2) is 49.2 Å². The zero-order valence-corrected chi connectivity index (χ0v) is 22.6. The lowest BCUT2D eigenvalue weighted by Gasteiger charge is -2.33. The van der Waals surface area contributed by atoms with Crippen LogP contribution < -0.4 is 10.1 Å². The van der Waals surface area contributed by atoms with Gasteiger partial charge in [0.2, 0.25) is 0 Å². The number of ether oxygens (including phenoxy) is 2. The van der Waals surface area contributed by atoms with Crippen LogP contribution in [0.4, 0.5) is 5.82 Å². The molecule has 1 saturated heterocycles. The van der Waals surface area contributed by atoms with Crippen molar-refractivity contribution in [3.8, 4) is 5.75 Å². The number of aryl methyl sites for hydroxylation is 1. The number of benzene rings is 1. The summed E-state index contributed by atoms with van der Waals surface area (Å²) in [4.78, 5) is 18.4. The van der Waals surface area contributed by atoms with E-state index in [0.29, 0.717) is 19.3 Å². The minimum absolute atomic E-state index is 0.150. The van der Waals surface area contributed by atoms with Crippen molar-refractivity contribution < 1.29 is 9.47 Å². The van der Waals surface area contributed by atoms with Gasteiger partial charge in [-0.1, -0.05) is 12.1 Å². The molecule has 9 heteroatoms. The number of nitrogens with one attached hydrogen (secondary N) is 1. The Morgan fingerprint density at radius 2 is 1.95 bits per heavy atom. The normalized spacial score (nSPS) is 18.1. The van der Waals surface area contributed by atoms with E-state index in [9.17, 15) is 0 Å². The Morgan fingerprint density at radius 3 is 2.70 bits per heavy atom. The predicted molar refractivity (Wildman–Crippen MR) is 146 cm³/mol. The number of nitrogens with zero attached hydrogens (tertiary/aromatic N) is 5. The summed E-state index contributed by atoms with van der Waals surface area (Å²) in [5, 5.41) is 4.97. The van der Waals surface area contributed by atoms with Crippen LogP contribution in [0.5, 0.6) is 5.75 Å². The van der Waals surface area contributed by atoms with Gasteiger partial charge in [0.15, 0.2) is 0 Å². The second-order valence-electron chi connectivity index (χ2n) is 10.7. The molecule has 1 aromatic carbocycles. The summed E-state index contributed by atoms with van der Waals surface area (Å²) in [7, 11) is 1.98. The monoisotopic (exact) mass is 518 g/mol. The van der Waals surface area contributed by atoms with Crippen LogP contribution in [0.25, 0.3) is 10.2 Å². The third-order valence-electron chi connectivity index (χ3n) is 7.41. The molecule has 4 aromatic rings. The van der Waals surface area contributed by atoms with Gasteiger partial charge >= 0.3 is 0 Å². The fourth-order valence-corrected chi connectivity index (χ4v) is 6.32. The smallest absolute Gasteiger partial charge is 0.146 e. The Labute approximate surface area is 221 Å². The SMILES string of the molecule is Cn1ccnc1COc1ccc(CN2CCC(Nc3ncnc4sc5c(c34)CC(C)(C)OC5)CC2)cc1. The van der Waals surface area contributed by atoms with Crippen molar-refractivity contribution in [3.63, 3.8) is 0 Å². The third-order valence-corrected chi connectivity index (χ3v) is 8.53. The lowest BCUT2D eigenvalue weighted by atomic mass is 9.94. The molecule has 3 aromatic heterocycles. The van der Waals surface area contributed by atoms with E-state index >= 15 is 0 Å². The number of anilines is 1. The molecule has 1 fully saturated rings. The van der Waals surface area contributed by atoms with Gasteiger partial charge in [-0.15, -0.1) is 11.3 Å². The van der Waals surface area contributed by atoms with Gasteiger partial charge in [0.25, 0.3) is 0 Å². The number of fused-ring (bicyclic) bond motifs is 3. The maximum absolute atomic E-state index is 6.04. The molecule has 8 nitrogen and oxygen atoms in total. The third kappa shape index (κ3) is 5.35. The van der Waals surface area contributed by atoms with Crippen molar-refractivity contribution >= 4 is 27.4 Å².